The van der Waals surface area contributed by atoms with E-state index in [1.807, 2.05) is 42.6 Å². The largest absolute Gasteiger partial charge is 0.361 e. The third kappa shape index (κ3) is 4.25. The van der Waals surface area contributed by atoms with Gasteiger partial charge in [-0.2, -0.15) is 0 Å². The molecular formula is C26H21ClN4O2. The van der Waals surface area contributed by atoms with Gasteiger partial charge in [-0.05, 0) is 53.9 Å². The van der Waals surface area contributed by atoms with Crippen LogP contribution in [-0.2, 0) is 13.0 Å². The number of nitrogens with zero attached hydrogens (tertiary/aromatic N) is 2. The predicted octanol–water partition coefficient (Wildman–Crippen LogP) is 4.55. The molecule has 0 unspecified atom stereocenters. The van der Waals surface area contributed by atoms with Crippen LogP contribution in [0.2, 0.25) is 5.02 Å². The lowest BCUT2D eigenvalue weighted by Gasteiger charge is -2.12. The van der Waals surface area contributed by atoms with E-state index in [4.69, 9.17) is 11.6 Å². The monoisotopic (exact) mass is 456 g/mol. The van der Waals surface area contributed by atoms with Crippen LogP contribution in [0.15, 0.2) is 83.9 Å². The second kappa shape index (κ2) is 8.92. The van der Waals surface area contributed by atoms with E-state index in [9.17, 15) is 9.59 Å². The normalized spacial score (nSPS) is 11.2. The standard InChI is InChI=1S/C26H21ClN4O2/c27-20-9-7-17(8-10-20)16-31-24-18(4-3-12-28-24)14-22(26(31)33)25(32)29-13-11-19-15-30-23-6-2-1-5-21(19)23/h1-10,12,14-15,30H,11,13,16H2,(H,29,32). The van der Waals surface area contributed by atoms with Gasteiger partial charge in [0.15, 0.2) is 0 Å². The van der Waals surface area contributed by atoms with E-state index in [1.54, 1.807) is 30.5 Å². The summed E-state index contributed by atoms with van der Waals surface area (Å²) in [6, 6.07) is 20.6. The van der Waals surface area contributed by atoms with Crippen molar-refractivity contribution in [2.45, 2.75) is 13.0 Å². The molecule has 5 aromatic rings. The Hall–Kier alpha value is -3.90. The Morgan fingerprint density at radius 1 is 1.06 bits per heavy atom. The third-order valence-corrected chi connectivity index (χ3v) is 5.95. The van der Waals surface area contributed by atoms with E-state index in [0.717, 1.165) is 27.4 Å². The van der Waals surface area contributed by atoms with Crippen LogP contribution in [0.1, 0.15) is 21.5 Å². The maximum absolute atomic E-state index is 13.3. The molecule has 0 aliphatic heterocycles. The number of halogens is 1. The summed E-state index contributed by atoms with van der Waals surface area (Å²) in [7, 11) is 0. The number of amides is 1. The fourth-order valence-corrected chi connectivity index (χ4v) is 4.16. The number of rotatable bonds is 6. The van der Waals surface area contributed by atoms with Gasteiger partial charge in [-0.1, -0.05) is 41.9 Å². The first-order valence-electron chi connectivity index (χ1n) is 10.7. The number of fused-ring (bicyclic) bond motifs is 2. The van der Waals surface area contributed by atoms with Crippen LogP contribution in [0.5, 0.6) is 0 Å². The van der Waals surface area contributed by atoms with Crippen LogP contribution in [-0.4, -0.2) is 27.0 Å². The molecule has 0 aliphatic rings. The van der Waals surface area contributed by atoms with Crippen molar-refractivity contribution in [1.82, 2.24) is 19.9 Å². The summed E-state index contributed by atoms with van der Waals surface area (Å²) < 4.78 is 1.53. The van der Waals surface area contributed by atoms with Crippen LogP contribution < -0.4 is 10.9 Å². The average molecular weight is 457 g/mol. The molecule has 0 aliphatic carbocycles. The molecule has 2 N–H and O–H groups in total. The minimum Gasteiger partial charge on any atom is -0.361 e. The maximum Gasteiger partial charge on any atom is 0.265 e. The molecule has 0 radical (unpaired) electrons. The SMILES string of the molecule is O=C(NCCc1c[nH]c2ccccc12)c1cc2cccnc2n(Cc2ccc(Cl)cc2)c1=O. The van der Waals surface area contributed by atoms with Gasteiger partial charge >= 0.3 is 0 Å². The maximum atomic E-state index is 13.3. The fraction of sp³-hybridized carbons (Fsp3) is 0.115. The first-order chi connectivity index (χ1) is 16.1. The van der Waals surface area contributed by atoms with E-state index in [2.05, 4.69) is 21.4 Å². The number of aromatic nitrogens is 3. The molecule has 0 bridgehead atoms. The topological polar surface area (TPSA) is 79.8 Å². The van der Waals surface area contributed by atoms with Gasteiger partial charge in [-0.3, -0.25) is 14.2 Å². The third-order valence-electron chi connectivity index (χ3n) is 5.70. The molecule has 0 fully saturated rings. The van der Waals surface area contributed by atoms with Crippen molar-refractivity contribution < 1.29 is 4.79 Å². The smallest absolute Gasteiger partial charge is 0.265 e. The van der Waals surface area contributed by atoms with Gasteiger partial charge in [0, 0.05) is 40.3 Å². The number of H-pyrrole nitrogens is 1. The van der Waals surface area contributed by atoms with Crippen molar-refractivity contribution in [2.24, 2.45) is 0 Å². The summed E-state index contributed by atoms with van der Waals surface area (Å²) in [5.74, 6) is -0.393. The van der Waals surface area contributed by atoms with Gasteiger partial charge in [0.05, 0.1) is 6.54 Å². The van der Waals surface area contributed by atoms with E-state index in [-0.39, 0.29) is 11.1 Å². The number of pyridine rings is 2. The summed E-state index contributed by atoms with van der Waals surface area (Å²) in [6.45, 7) is 0.711. The van der Waals surface area contributed by atoms with Gasteiger partial charge in [-0.25, -0.2) is 4.98 Å². The predicted molar refractivity (Wildman–Crippen MR) is 131 cm³/mol. The Labute approximate surface area is 194 Å². The van der Waals surface area contributed by atoms with Crippen molar-refractivity contribution in [2.75, 3.05) is 6.54 Å². The minimum absolute atomic E-state index is 0.100. The molecule has 0 saturated carbocycles. The molecule has 1 amide bonds. The first-order valence-corrected chi connectivity index (χ1v) is 11.0. The van der Waals surface area contributed by atoms with Gasteiger partial charge in [0.1, 0.15) is 11.2 Å². The lowest BCUT2D eigenvalue weighted by atomic mass is 10.1. The van der Waals surface area contributed by atoms with Crippen molar-refractivity contribution in [1.29, 1.82) is 0 Å². The zero-order chi connectivity index (χ0) is 22.8. The quantitative estimate of drug-likeness (QED) is 0.393. The number of para-hydroxylation sites is 1. The van der Waals surface area contributed by atoms with Crippen molar-refractivity contribution in [3.8, 4) is 0 Å². The molecule has 0 atom stereocenters. The zero-order valence-corrected chi connectivity index (χ0v) is 18.5. The average Bonchev–Trinajstić information content (AvgIpc) is 3.25. The number of hydrogen-bond donors (Lipinski definition) is 2. The zero-order valence-electron chi connectivity index (χ0n) is 17.7. The summed E-state index contributed by atoms with van der Waals surface area (Å²) in [6.07, 6.45) is 4.25. The number of aromatic amines is 1. The number of nitrogens with one attached hydrogen (secondary N) is 2. The molecule has 3 heterocycles. The molecule has 5 rings (SSSR count). The highest BCUT2D eigenvalue weighted by atomic mass is 35.5. The molecule has 0 spiro atoms. The van der Waals surface area contributed by atoms with Crippen LogP contribution in [0.25, 0.3) is 21.9 Å². The number of carbonyl (C=O) groups is 1. The van der Waals surface area contributed by atoms with Crippen LogP contribution in [0, 0.1) is 0 Å². The van der Waals surface area contributed by atoms with Gasteiger partial charge in [0.25, 0.3) is 11.5 Å². The summed E-state index contributed by atoms with van der Waals surface area (Å²) >= 11 is 5.99. The summed E-state index contributed by atoms with van der Waals surface area (Å²) in [5, 5.41) is 5.39. The fourth-order valence-electron chi connectivity index (χ4n) is 4.03. The second-order valence-electron chi connectivity index (χ2n) is 7.86. The highest BCUT2D eigenvalue weighted by molar-refractivity contribution is 6.30. The first kappa shape index (κ1) is 21.0. The number of carbonyl (C=O) groups excluding carboxylic acids is 1. The number of hydrogen-bond acceptors (Lipinski definition) is 3. The molecule has 33 heavy (non-hydrogen) atoms. The summed E-state index contributed by atoms with van der Waals surface area (Å²) in [4.78, 5) is 33.9. The lowest BCUT2D eigenvalue weighted by molar-refractivity contribution is 0.0952. The van der Waals surface area contributed by atoms with Gasteiger partial charge < -0.3 is 10.3 Å². The number of benzene rings is 2. The van der Waals surface area contributed by atoms with Crippen LogP contribution in [0.3, 0.4) is 0 Å². The minimum atomic E-state index is -0.393. The Bertz CT molecular complexity index is 1520. The van der Waals surface area contributed by atoms with Crippen molar-refractivity contribution in [3.05, 3.63) is 111 Å². The molecule has 164 valence electrons. The molecule has 2 aromatic carbocycles. The Balaban J connectivity index is 1.41. The van der Waals surface area contributed by atoms with Crippen LogP contribution >= 0.6 is 11.6 Å². The van der Waals surface area contributed by atoms with Crippen LogP contribution in [0.4, 0.5) is 0 Å². The summed E-state index contributed by atoms with van der Waals surface area (Å²) in [5.41, 5.74) is 3.34. The Morgan fingerprint density at radius 2 is 1.88 bits per heavy atom. The Kier molecular flexibility index (Phi) is 5.67. The van der Waals surface area contributed by atoms with E-state index in [0.29, 0.717) is 30.2 Å². The molecular weight excluding hydrogens is 436 g/mol. The molecule has 0 saturated heterocycles. The van der Waals surface area contributed by atoms with E-state index in [1.165, 1.54) is 4.57 Å². The molecule has 3 aromatic heterocycles. The van der Waals surface area contributed by atoms with Gasteiger partial charge in [0.2, 0.25) is 0 Å². The molecule has 6 nitrogen and oxygen atoms in total. The second-order valence-corrected chi connectivity index (χ2v) is 8.29. The highest BCUT2D eigenvalue weighted by Gasteiger charge is 2.16. The molecule has 7 heteroatoms. The van der Waals surface area contributed by atoms with Crippen molar-refractivity contribution >= 4 is 39.4 Å². The van der Waals surface area contributed by atoms with E-state index >= 15 is 0 Å². The highest BCUT2D eigenvalue weighted by Crippen LogP contribution is 2.18. The van der Waals surface area contributed by atoms with E-state index < -0.39 is 5.91 Å². The lowest BCUT2D eigenvalue weighted by Crippen LogP contribution is -2.34. The Morgan fingerprint density at radius 3 is 2.73 bits per heavy atom. The van der Waals surface area contributed by atoms with Crippen molar-refractivity contribution in [3.63, 3.8) is 0 Å². The van der Waals surface area contributed by atoms with Gasteiger partial charge in [-0.15, -0.1) is 0 Å².